The van der Waals surface area contributed by atoms with Crippen molar-refractivity contribution in [1.29, 1.82) is 0 Å². The molecular formula is C23H36N4OS. The number of H-pyrrole nitrogens is 1. The molecule has 0 radical (unpaired) electrons. The van der Waals surface area contributed by atoms with Gasteiger partial charge in [-0.2, -0.15) is 0 Å². The summed E-state index contributed by atoms with van der Waals surface area (Å²) in [4.78, 5) is 25.7. The summed E-state index contributed by atoms with van der Waals surface area (Å²) in [6.45, 7) is 11.2. The third-order valence-corrected chi connectivity index (χ3v) is 6.01. The molecule has 0 spiro atoms. The Morgan fingerprint density at radius 2 is 1.62 bits per heavy atom. The Hall–Kier alpha value is -1.95. The normalized spacial score (nSPS) is 18.8. The standard InChI is InChI=1S/C11H10N4OS.C8H16.C4H10/c1-15(2)6-3-4-12-11-7(6)8-9(17-11)10(16)14-5-13-8;1-7-3-5-8(2)6-4-7;1-4(2)3/h3-5H,1-2H3,(H,13,14,16);7-8H,3-6H2,1-2H3;4H,1-3H3. The minimum atomic E-state index is -0.109. The van der Waals surface area contributed by atoms with E-state index in [1.165, 1.54) is 43.3 Å². The maximum atomic E-state index is 11.7. The van der Waals surface area contributed by atoms with Crippen LogP contribution in [-0.4, -0.2) is 29.0 Å². The maximum Gasteiger partial charge on any atom is 0.268 e. The molecule has 0 atom stereocenters. The molecule has 1 aliphatic carbocycles. The van der Waals surface area contributed by atoms with E-state index in [0.717, 1.165) is 39.2 Å². The number of thiophene rings is 1. The van der Waals surface area contributed by atoms with Gasteiger partial charge in [-0.15, -0.1) is 11.3 Å². The summed E-state index contributed by atoms with van der Waals surface area (Å²) in [5.74, 6) is 2.87. The Labute approximate surface area is 178 Å². The van der Waals surface area contributed by atoms with Crippen LogP contribution in [-0.2, 0) is 0 Å². The van der Waals surface area contributed by atoms with Gasteiger partial charge in [0.1, 0.15) is 9.53 Å². The number of anilines is 1. The minimum Gasteiger partial charge on any atom is -0.377 e. The Bertz CT molecular complexity index is 940. The number of fused-ring (bicyclic) bond motifs is 3. The van der Waals surface area contributed by atoms with Gasteiger partial charge in [-0.25, -0.2) is 9.97 Å². The van der Waals surface area contributed by atoms with E-state index in [2.05, 4.69) is 49.6 Å². The molecule has 29 heavy (non-hydrogen) atoms. The molecule has 160 valence electrons. The van der Waals surface area contributed by atoms with E-state index in [-0.39, 0.29) is 5.56 Å². The summed E-state index contributed by atoms with van der Waals surface area (Å²) in [5, 5.41) is 0.948. The maximum absolute atomic E-state index is 11.7. The van der Waals surface area contributed by atoms with Gasteiger partial charge in [0.15, 0.2) is 0 Å². The third kappa shape index (κ3) is 6.53. The Balaban J connectivity index is 0.000000208. The van der Waals surface area contributed by atoms with Crippen molar-refractivity contribution in [2.45, 2.75) is 60.3 Å². The highest BCUT2D eigenvalue weighted by atomic mass is 32.1. The fourth-order valence-electron chi connectivity index (χ4n) is 3.29. The molecule has 0 bridgehead atoms. The molecule has 3 heterocycles. The van der Waals surface area contributed by atoms with E-state index in [1.54, 1.807) is 6.20 Å². The van der Waals surface area contributed by atoms with Crippen LogP contribution in [0.2, 0.25) is 0 Å². The molecule has 4 rings (SSSR count). The average molecular weight is 417 g/mol. The predicted molar refractivity (Wildman–Crippen MR) is 127 cm³/mol. The average Bonchev–Trinajstić information content (AvgIpc) is 3.04. The molecule has 1 saturated carbocycles. The number of rotatable bonds is 1. The lowest BCUT2D eigenvalue weighted by Gasteiger charge is -2.22. The smallest absolute Gasteiger partial charge is 0.268 e. The number of hydrogen-bond acceptors (Lipinski definition) is 5. The second-order valence-electron chi connectivity index (χ2n) is 9.01. The van der Waals surface area contributed by atoms with Gasteiger partial charge in [0.25, 0.3) is 5.56 Å². The molecule has 3 aromatic rings. The van der Waals surface area contributed by atoms with Crippen LogP contribution < -0.4 is 10.5 Å². The van der Waals surface area contributed by atoms with Gasteiger partial charge in [-0.05, 0) is 23.8 Å². The quantitative estimate of drug-likeness (QED) is 0.521. The third-order valence-electron chi connectivity index (χ3n) is 4.93. The van der Waals surface area contributed by atoms with Crippen molar-refractivity contribution >= 4 is 37.5 Å². The molecule has 1 fully saturated rings. The number of hydrogen-bond donors (Lipinski definition) is 1. The number of aromatic nitrogens is 3. The topological polar surface area (TPSA) is 61.9 Å². The summed E-state index contributed by atoms with van der Waals surface area (Å²) in [5.41, 5.74) is 1.65. The highest BCUT2D eigenvalue weighted by Crippen LogP contribution is 2.34. The lowest BCUT2D eigenvalue weighted by molar-refractivity contribution is 0.308. The number of nitrogens with zero attached hydrogens (tertiary/aromatic N) is 3. The minimum absolute atomic E-state index is 0.109. The molecular weight excluding hydrogens is 380 g/mol. The van der Waals surface area contributed by atoms with Gasteiger partial charge < -0.3 is 9.88 Å². The first kappa shape index (κ1) is 23.3. The van der Waals surface area contributed by atoms with Crippen LogP contribution in [0, 0.1) is 17.8 Å². The van der Waals surface area contributed by atoms with Gasteiger partial charge in [-0.1, -0.05) is 60.3 Å². The molecule has 0 saturated heterocycles. The van der Waals surface area contributed by atoms with Crippen molar-refractivity contribution < 1.29 is 0 Å². The van der Waals surface area contributed by atoms with Gasteiger partial charge in [0, 0.05) is 20.3 Å². The van der Waals surface area contributed by atoms with Crippen molar-refractivity contribution in [1.82, 2.24) is 15.0 Å². The van der Waals surface area contributed by atoms with Gasteiger partial charge in [-0.3, -0.25) is 4.79 Å². The van der Waals surface area contributed by atoms with Gasteiger partial charge in [0.2, 0.25) is 0 Å². The molecule has 5 nitrogen and oxygen atoms in total. The Morgan fingerprint density at radius 1 is 1.07 bits per heavy atom. The van der Waals surface area contributed by atoms with Crippen LogP contribution in [0.15, 0.2) is 23.4 Å². The summed E-state index contributed by atoms with van der Waals surface area (Å²) in [6, 6.07) is 1.93. The highest BCUT2D eigenvalue weighted by molar-refractivity contribution is 7.25. The summed E-state index contributed by atoms with van der Waals surface area (Å²) >= 11 is 1.38. The molecule has 0 unspecified atom stereocenters. The van der Waals surface area contributed by atoms with Crippen LogP contribution in [0.1, 0.15) is 60.3 Å². The zero-order valence-electron chi connectivity index (χ0n) is 19.0. The zero-order chi connectivity index (χ0) is 21.6. The van der Waals surface area contributed by atoms with E-state index in [0.29, 0.717) is 4.70 Å². The highest BCUT2D eigenvalue weighted by Gasteiger charge is 2.14. The molecule has 0 aromatic carbocycles. The first-order valence-corrected chi connectivity index (χ1v) is 11.4. The van der Waals surface area contributed by atoms with Crippen molar-refractivity contribution in [3.8, 4) is 0 Å². The Kier molecular flexibility index (Phi) is 8.62. The lowest BCUT2D eigenvalue weighted by Crippen LogP contribution is -2.09. The van der Waals surface area contributed by atoms with E-state index < -0.39 is 0 Å². The molecule has 6 heteroatoms. The lowest BCUT2D eigenvalue weighted by atomic mass is 9.84. The van der Waals surface area contributed by atoms with Crippen molar-refractivity contribution in [2.24, 2.45) is 17.8 Å². The van der Waals surface area contributed by atoms with Crippen molar-refractivity contribution in [2.75, 3.05) is 19.0 Å². The first-order chi connectivity index (χ1) is 13.7. The first-order valence-electron chi connectivity index (χ1n) is 10.6. The zero-order valence-corrected chi connectivity index (χ0v) is 19.8. The van der Waals surface area contributed by atoms with E-state index in [9.17, 15) is 4.79 Å². The van der Waals surface area contributed by atoms with Crippen LogP contribution in [0.3, 0.4) is 0 Å². The fourth-order valence-corrected chi connectivity index (χ4v) is 4.30. The molecule has 0 aliphatic heterocycles. The van der Waals surface area contributed by atoms with Crippen molar-refractivity contribution in [3.05, 3.63) is 28.9 Å². The largest absolute Gasteiger partial charge is 0.377 e. The van der Waals surface area contributed by atoms with E-state index in [1.807, 2.05) is 25.1 Å². The van der Waals surface area contributed by atoms with Crippen molar-refractivity contribution in [3.63, 3.8) is 0 Å². The molecule has 1 aliphatic rings. The van der Waals surface area contributed by atoms with Crippen LogP contribution in [0.5, 0.6) is 0 Å². The molecule has 0 amide bonds. The summed E-state index contributed by atoms with van der Waals surface area (Å²) < 4.78 is 0.629. The van der Waals surface area contributed by atoms with Crippen LogP contribution in [0.25, 0.3) is 20.4 Å². The second kappa shape index (κ2) is 10.7. The Morgan fingerprint density at radius 3 is 2.14 bits per heavy atom. The summed E-state index contributed by atoms with van der Waals surface area (Å²) in [7, 11) is 3.93. The number of pyridine rings is 1. The van der Waals surface area contributed by atoms with E-state index >= 15 is 0 Å². The second-order valence-corrected chi connectivity index (χ2v) is 10.0. The summed E-state index contributed by atoms with van der Waals surface area (Å²) in [6.07, 6.45) is 9.08. The number of nitrogens with one attached hydrogen (secondary N) is 1. The van der Waals surface area contributed by atoms with Gasteiger partial charge in [0.05, 0.1) is 22.9 Å². The van der Waals surface area contributed by atoms with Crippen LogP contribution in [0.4, 0.5) is 5.69 Å². The fraction of sp³-hybridized carbons (Fsp3) is 0.609. The van der Waals surface area contributed by atoms with E-state index in [4.69, 9.17) is 0 Å². The number of aromatic amines is 1. The monoisotopic (exact) mass is 416 g/mol. The predicted octanol–water partition coefficient (Wildman–Crippen LogP) is 6.09. The SMILES string of the molecule is CC(C)C.CC1CCC(C)CC1.CN(C)c1ccnc2sc3c(=O)[nH]cnc3c12. The van der Waals surface area contributed by atoms with Crippen LogP contribution >= 0.6 is 11.3 Å². The molecule has 1 N–H and O–H groups in total. The molecule has 3 aromatic heterocycles. The van der Waals surface area contributed by atoms with Gasteiger partial charge >= 0.3 is 0 Å².